The number of fused-ring (bicyclic) bond motifs is 2. The second kappa shape index (κ2) is 8.90. The highest BCUT2D eigenvalue weighted by molar-refractivity contribution is 5.99. The van der Waals surface area contributed by atoms with Gasteiger partial charge >= 0.3 is 0 Å². The summed E-state index contributed by atoms with van der Waals surface area (Å²) in [7, 11) is 1.38. The van der Waals surface area contributed by atoms with E-state index in [4.69, 9.17) is 9.47 Å². The molecule has 0 spiro atoms. The zero-order valence-electron chi connectivity index (χ0n) is 18.8. The Labute approximate surface area is 197 Å². The number of rotatable bonds is 6. The third-order valence-electron chi connectivity index (χ3n) is 5.86. The maximum Gasteiger partial charge on any atom is 0.265 e. The van der Waals surface area contributed by atoms with Crippen molar-refractivity contribution in [2.75, 3.05) is 25.2 Å². The van der Waals surface area contributed by atoms with Gasteiger partial charge in [-0.2, -0.15) is 5.10 Å². The number of benzene rings is 2. The Morgan fingerprint density at radius 2 is 2.00 bits per heavy atom. The van der Waals surface area contributed by atoms with Crippen LogP contribution < -0.4 is 14.4 Å². The lowest BCUT2D eigenvalue weighted by molar-refractivity contribution is -0.121. The minimum Gasteiger partial charge on any atom is -0.496 e. The van der Waals surface area contributed by atoms with Gasteiger partial charge in [0.15, 0.2) is 12.3 Å². The van der Waals surface area contributed by atoms with Gasteiger partial charge in [0.2, 0.25) is 0 Å². The lowest BCUT2D eigenvalue weighted by atomic mass is 9.97. The van der Waals surface area contributed by atoms with Crippen molar-refractivity contribution in [3.63, 3.8) is 0 Å². The molecule has 5 rings (SSSR count). The Bertz CT molecular complexity index is 1440. The highest BCUT2D eigenvalue weighted by atomic mass is 19.3. The third kappa shape index (κ3) is 3.92. The Morgan fingerprint density at radius 1 is 1.17 bits per heavy atom. The summed E-state index contributed by atoms with van der Waals surface area (Å²) < 4.78 is 54.0. The van der Waals surface area contributed by atoms with Crippen LogP contribution in [0.25, 0.3) is 33.4 Å². The number of nitrogens with zero attached hydrogens (tertiary/aromatic N) is 5. The standard InChI is InChI=1S/C24H20F3N5O3/c1-3-31-12-28-23-16(9-29-30-24(23)31)13-4-5-17(25)14(6-13)15-7-20-18(8-19(15)34-2)32(10-21(26)27)22(33)11-35-20/h4-9,12,21H,3,10-11H2,1-2H3. The summed E-state index contributed by atoms with van der Waals surface area (Å²) in [6, 6.07) is 7.47. The summed E-state index contributed by atoms with van der Waals surface area (Å²) in [5.74, 6) is -0.742. The van der Waals surface area contributed by atoms with E-state index in [9.17, 15) is 13.6 Å². The van der Waals surface area contributed by atoms with Crippen LogP contribution in [0, 0.1) is 5.82 Å². The summed E-state index contributed by atoms with van der Waals surface area (Å²) in [5, 5.41) is 8.24. The molecule has 4 aromatic rings. The maximum atomic E-state index is 15.1. The van der Waals surface area contributed by atoms with Gasteiger partial charge in [-0.1, -0.05) is 6.07 Å². The number of carbonyl (C=O) groups is 1. The molecular weight excluding hydrogens is 463 g/mol. The number of halogens is 3. The molecule has 1 aliphatic heterocycles. The molecule has 0 saturated heterocycles. The Balaban J connectivity index is 1.64. The third-order valence-corrected chi connectivity index (χ3v) is 5.86. The molecule has 0 saturated carbocycles. The number of methoxy groups -OCH3 is 1. The van der Waals surface area contributed by atoms with Gasteiger partial charge in [-0.25, -0.2) is 18.2 Å². The normalized spacial score (nSPS) is 13.3. The average Bonchev–Trinajstić information content (AvgIpc) is 3.29. The second-order valence-corrected chi connectivity index (χ2v) is 7.86. The number of aromatic nitrogens is 4. The Hall–Kier alpha value is -4.15. The predicted molar refractivity (Wildman–Crippen MR) is 122 cm³/mol. The minimum atomic E-state index is -2.73. The van der Waals surface area contributed by atoms with E-state index in [0.29, 0.717) is 34.4 Å². The quantitative estimate of drug-likeness (QED) is 0.406. The van der Waals surface area contributed by atoms with E-state index in [0.717, 1.165) is 4.90 Å². The number of anilines is 1. The number of aryl methyl sites for hydroxylation is 1. The average molecular weight is 483 g/mol. The molecular formula is C24H20F3N5O3. The summed E-state index contributed by atoms with van der Waals surface area (Å²) in [6.07, 6.45) is 0.503. The van der Waals surface area contributed by atoms with Crippen LogP contribution in [0.3, 0.4) is 0 Å². The fraction of sp³-hybridized carbons (Fsp3) is 0.250. The summed E-state index contributed by atoms with van der Waals surface area (Å²) in [5.41, 5.74) is 3.24. The lowest BCUT2D eigenvalue weighted by Crippen LogP contribution is -2.41. The van der Waals surface area contributed by atoms with Gasteiger partial charge in [0.25, 0.3) is 12.3 Å². The number of ether oxygens (including phenoxy) is 2. The number of imidazole rings is 1. The molecule has 3 heterocycles. The highest BCUT2D eigenvalue weighted by Gasteiger charge is 2.30. The molecule has 180 valence electrons. The van der Waals surface area contributed by atoms with Crippen molar-refractivity contribution in [3.8, 4) is 33.8 Å². The van der Waals surface area contributed by atoms with Crippen molar-refractivity contribution in [1.82, 2.24) is 19.7 Å². The molecule has 2 aromatic carbocycles. The number of hydrogen-bond donors (Lipinski definition) is 0. The van der Waals surface area contributed by atoms with Crippen molar-refractivity contribution in [1.29, 1.82) is 0 Å². The van der Waals surface area contributed by atoms with Crippen molar-refractivity contribution in [2.24, 2.45) is 0 Å². The van der Waals surface area contributed by atoms with E-state index < -0.39 is 31.3 Å². The van der Waals surface area contributed by atoms with Crippen molar-refractivity contribution >= 4 is 22.8 Å². The topological polar surface area (TPSA) is 82.4 Å². The van der Waals surface area contributed by atoms with Crippen LogP contribution in [0.15, 0.2) is 42.9 Å². The molecule has 35 heavy (non-hydrogen) atoms. The molecule has 8 nitrogen and oxygen atoms in total. The first-order chi connectivity index (χ1) is 16.9. The monoisotopic (exact) mass is 483 g/mol. The molecule has 1 aliphatic rings. The fourth-order valence-corrected chi connectivity index (χ4v) is 4.16. The molecule has 0 unspecified atom stereocenters. The molecule has 1 amide bonds. The van der Waals surface area contributed by atoms with E-state index in [2.05, 4.69) is 15.2 Å². The van der Waals surface area contributed by atoms with E-state index in [1.807, 2.05) is 11.5 Å². The first-order valence-electron chi connectivity index (χ1n) is 10.8. The molecule has 0 bridgehead atoms. The van der Waals surface area contributed by atoms with Gasteiger partial charge in [-0.3, -0.25) is 4.79 Å². The molecule has 0 fully saturated rings. The van der Waals surface area contributed by atoms with Crippen LogP contribution in [0.5, 0.6) is 11.5 Å². The number of carbonyl (C=O) groups excluding carboxylic acids is 1. The summed E-state index contributed by atoms with van der Waals surface area (Å²) >= 11 is 0. The number of hydrogen-bond acceptors (Lipinski definition) is 6. The predicted octanol–water partition coefficient (Wildman–Crippen LogP) is 4.32. The SMILES string of the molecule is CCn1cnc2c(-c3ccc(F)c(-c4cc5c(cc4OC)N(CC(F)F)C(=O)CO5)c3)cnnc21. The first kappa shape index (κ1) is 22.6. The van der Waals surface area contributed by atoms with Crippen LogP contribution in [0.2, 0.25) is 0 Å². The van der Waals surface area contributed by atoms with Gasteiger partial charge < -0.3 is 18.9 Å². The zero-order valence-corrected chi connectivity index (χ0v) is 18.8. The van der Waals surface area contributed by atoms with Crippen molar-refractivity contribution in [3.05, 3.63) is 48.7 Å². The number of amides is 1. The van der Waals surface area contributed by atoms with Gasteiger partial charge in [0.1, 0.15) is 22.8 Å². The van der Waals surface area contributed by atoms with Gasteiger partial charge in [-0.15, -0.1) is 5.10 Å². The molecule has 0 radical (unpaired) electrons. The van der Waals surface area contributed by atoms with Crippen LogP contribution in [-0.2, 0) is 11.3 Å². The maximum absolute atomic E-state index is 15.1. The van der Waals surface area contributed by atoms with Gasteiger partial charge in [0, 0.05) is 29.3 Å². The van der Waals surface area contributed by atoms with E-state index in [-0.39, 0.29) is 22.7 Å². The van der Waals surface area contributed by atoms with Crippen LogP contribution in [-0.4, -0.2) is 52.3 Å². The van der Waals surface area contributed by atoms with E-state index in [1.165, 1.54) is 25.3 Å². The molecule has 0 atom stereocenters. The van der Waals surface area contributed by atoms with Crippen molar-refractivity contribution < 1.29 is 27.4 Å². The van der Waals surface area contributed by atoms with Crippen LogP contribution >= 0.6 is 0 Å². The Morgan fingerprint density at radius 3 is 2.74 bits per heavy atom. The van der Waals surface area contributed by atoms with E-state index in [1.54, 1.807) is 24.7 Å². The highest BCUT2D eigenvalue weighted by Crippen LogP contribution is 2.44. The molecule has 2 aromatic heterocycles. The summed E-state index contributed by atoms with van der Waals surface area (Å²) in [4.78, 5) is 17.6. The van der Waals surface area contributed by atoms with Crippen molar-refractivity contribution in [2.45, 2.75) is 19.9 Å². The van der Waals surface area contributed by atoms with Gasteiger partial charge in [-0.05, 0) is 30.7 Å². The fourth-order valence-electron chi connectivity index (χ4n) is 4.16. The smallest absolute Gasteiger partial charge is 0.265 e. The molecule has 0 aliphatic carbocycles. The second-order valence-electron chi connectivity index (χ2n) is 7.86. The molecule has 11 heteroatoms. The zero-order chi connectivity index (χ0) is 24.7. The van der Waals surface area contributed by atoms with Crippen LogP contribution in [0.4, 0.5) is 18.9 Å². The van der Waals surface area contributed by atoms with E-state index >= 15 is 4.39 Å². The minimum absolute atomic E-state index is 0.142. The molecule has 0 N–H and O–H groups in total. The summed E-state index contributed by atoms with van der Waals surface area (Å²) in [6.45, 7) is 1.46. The largest absolute Gasteiger partial charge is 0.496 e. The Kier molecular flexibility index (Phi) is 5.75. The lowest BCUT2D eigenvalue weighted by Gasteiger charge is -2.30. The van der Waals surface area contributed by atoms with Crippen LogP contribution in [0.1, 0.15) is 6.92 Å². The first-order valence-corrected chi connectivity index (χ1v) is 10.8. The van der Waals surface area contributed by atoms with Gasteiger partial charge in [0.05, 0.1) is 31.9 Å². The number of alkyl halides is 2.